The molecule has 156 valence electrons. The Bertz CT molecular complexity index is 1140. The molecule has 1 amide bonds. The molecule has 30 heavy (non-hydrogen) atoms. The van der Waals surface area contributed by atoms with Crippen LogP contribution in [-0.2, 0) is 27.7 Å². The lowest BCUT2D eigenvalue weighted by molar-refractivity contribution is -0.116. The number of fused-ring (bicyclic) bond motifs is 1. The van der Waals surface area contributed by atoms with Gasteiger partial charge in [0.25, 0.3) is 0 Å². The molecule has 1 aliphatic rings. The van der Waals surface area contributed by atoms with E-state index in [2.05, 4.69) is 20.2 Å². The second-order valence-corrected chi connectivity index (χ2v) is 9.86. The summed E-state index contributed by atoms with van der Waals surface area (Å²) in [7, 11) is -3.65. The molecule has 4 rings (SSSR count). The van der Waals surface area contributed by atoms with Gasteiger partial charge in [-0.1, -0.05) is 47.7 Å². The van der Waals surface area contributed by atoms with E-state index < -0.39 is 10.0 Å². The second-order valence-electron chi connectivity index (χ2n) is 7.11. The van der Waals surface area contributed by atoms with Crippen molar-refractivity contribution in [2.45, 2.75) is 37.0 Å². The molecule has 1 aliphatic carbocycles. The second kappa shape index (κ2) is 9.03. The number of nitrogens with zero attached hydrogens (tertiary/aromatic N) is 2. The van der Waals surface area contributed by atoms with Gasteiger partial charge in [-0.3, -0.25) is 4.79 Å². The number of carbonyl (C=O) groups excluding carboxylic acids is 1. The zero-order valence-corrected chi connectivity index (χ0v) is 17.9. The maximum Gasteiger partial charge on any atom is 0.240 e. The van der Waals surface area contributed by atoms with Crippen LogP contribution in [0.1, 0.15) is 30.4 Å². The largest absolute Gasteiger partial charge is 0.300 e. The molecule has 9 heteroatoms. The topological polar surface area (TPSA) is 101 Å². The number of rotatable bonds is 7. The Morgan fingerprint density at radius 3 is 2.57 bits per heavy atom. The highest BCUT2D eigenvalue weighted by molar-refractivity contribution is 7.89. The summed E-state index contributed by atoms with van der Waals surface area (Å²) in [5.74, 6) is -0.320. The van der Waals surface area contributed by atoms with Gasteiger partial charge in [-0.05, 0) is 48.9 Å². The van der Waals surface area contributed by atoms with Gasteiger partial charge in [0.1, 0.15) is 5.01 Å². The summed E-state index contributed by atoms with van der Waals surface area (Å²) >= 11 is 1.27. The van der Waals surface area contributed by atoms with Crippen molar-refractivity contribution in [2.75, 3.05) is 11.9 Å². The standard InChI is InChI=1S/C21H22N4O3S2/c26-19(23-21-25-24-20(29-21)16-7-2-1-3-8-16)12-13-22-30(27,28)18-11-10-15-6-4-5-9-17(15)14-18/h1-3,7-8,10-11,14,22H,4-6,9,12-13H2,(H,23,25,26). The van der Waals surface area contributed by atoms with Crippen LogP contribution in [-0.4, -0.2) is 31.1 Å². The van der Waals surface area contributed by atoms with Crippen molar-refractivity contribution in [1.29, 1.82) is 0 Å². The lowest BCUT2D eigenvalue weighted by atomic mass is 9.92. The molecule has 0 spiro atoms. The smallest absolute Gasteiger partial charge is 0.240 e. The normalized spacial score (nSPS) is 13.6. The van der Waals surface area contributed by atoms with Gasteiger partial charge in [-0.25, -0.2) is 13.1 Å². The molecule has 0 fully saturated rings. The number of sulfonamides is 1. The molecule has 0 unspecified atom stereocenters. The summed E-state index contributed by atoms with van der Waals surface area (Å²) in [4.78, 5) is 12.4. The molecule has 7 nitrogen and oxygen atoms in total. The lowest BCUT2D eigenvalue weighted by Gasteiger charge is -2.16. The van der Waals surface area contributed by atoms with Gasteiger partial charge < -0.3 is 5.32 Å². The van der Waals surface area contributed by atoms with Gasteiger partial charge in [0.15, 0.2) is 0 Å². The predicted molar refractivity (Wildman–Crippen MR) is 117 cm³/mol. The van der Waals surface area contributed by atoms with Gasteiger partial charge in [-0.2, -0.15) is 0 Å². The fourth-order valence-electron chi connectivity index (χ4n) is 3.41. The highest BCUT2D eigenvalue weighted by Crippen LogP contribution is 2.26. The van der Waals surface area contributed by atoms with E-state index in [-0.39, 0.29) is 23.8 Å². The van der Waals surface area contributed by atoms with Gasteiger partial charge in [0.05, 0.1) is 4.90 Å². The average Bonchev–Trinajstić information content (AvgIpc) is 3.22. The molecule has 1 heterocycles. The number of carbonyl (C=O) groups is 1. The Balaban J connectivity index is 1.31. The summed E-state index contributed by atoms with van der Waals surface area (Å²) in [6.07, 6.45) is 4.15. The quantitative estimate of drug-likeness (QED) is 0.584. The van der Waals surface area contributed by atoms with Crippen LogP contribution in [0.3, 0.4) is 0 Å². The third-order valence-corrected chi connectivity index (χ3v) is 7.31. The molecule has 0 atom stereocenters. The Morgan fingerprint density at radius 2 is 1.77 bits per heavy atom. The fourth-order valence-corrected chi connectivity index (χ4v) is 5.26. The Labute approximate surface area is 179 Å². The van der Waals surface area contributed by atoms with E-state index in [1.165, 1.54) is 16.9 Å². The van der Waals surface area contributed by atoms with Crippen molar-refractivity contribution < 1.29 is 13.2 Å². The Morgan fingerprint density at radius 1 is 1.00 bits per heavy atom. The van der Waals surface area contributed by atoms with Crippen molar-refractivity contribution in [3.63, 3.8) is 0 Å². The van der Waals surface area contributed by atoms with Crippen molar-refractivity contribution in [3.05, 3.63) is 59.7 Å². The minimum absolute atomic E-state index is 0.00439. The van der Waals surface area contributed by atoms with Crippen LogP contribution in [0, 0.1) is 0 Å². The fraction of sp³-hybridized carbons (Fsp3) is 0.286. The number of hydrogen-bond donors (Lipinski definition) is 2. The summed E-state index contributed by atoms with van der Waals surface area (Å²) in [5.41, 5.74) is 3.26. The number of anilines is 1. The minimum Gasteiger partial charge on any atom is -0.300 e. The number of hydrogen-bond acceptors (Lipinski definition) is 6. The van der Waals surface area contributed by atoms with Crippen molar-refractivity contribution in [1.82, 2.24) is 14.9 Å². The van der Waals surface area contributed by atoms with E-state index >= 15 is 0 Å². The molecular weight excluding hydrogens is 420 g/mol. The van der Waals surface area contributed by atoms with E-state index in [0.29, 0.717) is 10.1 Å². The van der Waals surface area contributed by atoms with E-state index in [1.807, 2.05) is 36.4 Å². The first kappa shape index (κ1) is 20.6. The molecular formula is C21H22N4O3S2. The first-order chi connectivity index (χ1) is 14.5. The summed E-state index contributed by atoms with van der Waals surface area (Å²) in [5, 5.41) is 11.8. The molecule has 0 radical (unpaired) electrons. The first-order valence-corrected chi connectivity index (χ1v) is 12.1. The predicted octanol–water partition coefficient (Wildman–Crippen LogP) is 3.39. The third-order valence-electron chi connectivity index (χ3n) is 4.97. The van der Waals surface area contributed by atoms with E-state index in [1.54, 1.807) is 12.1 Å². The molecule has 0 bridgehead atoms. The highest BCUT2D eigenvalue weighted by Gasteiger charge is 2.18. The highest BCUT2D eigenvalue weighted by atomic mass is 32.2. The van der Waals surface area contributed by atoms with Crippen molar-refractivity contribution in [2.24, 2.45) is 0 Å². The number of nitrogens with one attached hydrogen (secondary N) is 2. The van der Waals surface area contributed by atoms with Crippen LogP contribution in [0.25, 0.3) is 10.6 Å². The molecule has 0 saturated carbocycles. The average molecular weight is 443 g/mol. The maximum atomic E-state index is 12.6. The van der Waals surface area contributed by atoms with Crippen LogP contribution >= 0.6 is 11.3 Å². The van der Waals surface area contributed by atoms with Gasteiger partial charge in [0, 0.05) is 18.5 Å². The van der Waals surface area contributed by atoms with Gasteiger partial charge >= 0.3 is 0 Å². The number of amides is 1. The summed E-state index contributed by atoms with van der Waals surface area (Å²) in [6.45, 7) is 0.00952. The zero-order valence-electron chi connectivity index (χ0n) is 16.3. The van der Waals surface area contributed by atoms with Crippen LogP contribution in [0.5, 0.6) is 0 Å². The van der Waals surface area contributed by atoms with Crippen LogP contribution in [0.15, 0.2) is 53.4 Å². The third kappa shape index (κ3) is 4.92. The minimum atomic E-state index is -3.65. The molecule has 0 saturated heterocycles. The van der Waals surface area contributed by atoms with E-state index in [9.17, 15) is 13.2 Å². The number of benzene rings is 2. The van der Waals surface area contributed by atoms with E-state index in [4.69, 9.17) is 0 Å². The SMILES string of the molecule is O=C(CCNS(=O)(=O)c1ccc2c(c1)CCCC2)Nc1nnc(-c2ccccc2)s1. The summed E-state index contributed by atoms with van der Waals surface area (Å²) in [6, 6.07) is 14.9. The maximum absolute atomic E-state index is 12.6. The monoisotopic (exact) mass is 442 g/mol. The first-order valence-electron chi connectivity index (χ1n) is 9.81. The molecule has 1 aromatic heterocycles. The van der Waals surface area contributed by atoms with Crippen molar-refractivity contribution in [3.8, 4) is 10.6 Å². The Hall–Kier alpha value is -2.62. The summed E-state index contributed by atoms with van der Waals surface area (Å²) < 4.78 is 27.6. The zero-order chi connectivity index (χ0) is 21.0. The van der Waals surface area contributed by atoms with Gasteiger partial charge in [0.2, 0.25) is 21.1 Å². The molecule has 2 N–H and O–H groups in total. The molecule has 3 aromatic rings. The molecule has 0 aliphatic heterocycles. The van der Waals surface area contributed by atoms with Crippen molar-refractivity contribution >= 4 is 32.4 Å². The lowest BCUT2D eigenvalue weighted by Crippen LogP contribution is -2.28. The van der Waals surface area contributed by atoms with Crippen LogP contribution in [0.4, 0.5) is 5.13 Å². The van der Waals surface area contributed by atoms with Crippen LogP contribution < -0.4 is 10.0 Å². The Kier molecular flexibility index (Phi) is 6.21. The number of aryl methyl sites for hydroxylation is 2. The number of aromatic nitrogens is 2. The van der Waals surface area contributed by atoms with Crippen LogP contribution in [0.2, 0.25) is 0 Å². The molecule has 2 aromatic carbocycles. The van der Waals surface area contributed by atoms with Gasteiger partial charge in [-0.15, -0.1) is 10.2 Å². The van der Waals surface area contributed by atoms with E-state index in [0.717, 1.165) is 36.8 Å².